The number of hydrogen-bond acceptors (Lipinski definition) is 1. The molecule has 0 saturated heterocycles. The number of guanidine groups is 1. The fraction of sp³-hybridized carbons (Fsp3) is 0.273. The second-order valence-electron chi connectivity index (χ2n) is 3.62. The highest BCUT2D eigenvalue weighted by Gasteiger charge is 2.03. The van der Waals surface area contributed by atoms with Crippen LogP contribution >= 0.6 is 0 Å². The summed E-state index contributed by atoms with van der Waals surface area (Å²) in [6.45, 7) is 6.19. The molecule has 0 aromatic heterocycles. The van der Waals surface area contributed by atoms with Gasteiger partial charge in [-0.25, -0.2) is 0 Å². The van der Waals surface area contributed by atoms with Crippen LogP contribution in [0.5, 0.6) is 0 Å². The van der Waals surface area contributed by atoms with Crippen LogP contribution in [0.3, 0.4) is 0 Å². The first-order chi connectivity index (χ1) is 7.00. The fourth-order valence-electron chi connectivity index (χ4n) is 1.59. The Bertz CT molecular complexity index is 392. The van der Waals surface area contributed by atoms with Gasteiger partial charge in [0.1, 0.15) is 0 Å². The molecular formula is C11H17N4+. The molecule has 0 aliphatic carbocycles. The predicted octanol–water partition coefficient (Wildman–Crippen LogP) is -0.700. The molecule has 4 nitrogen and oxygen atoms in total. The lowest BCUT2D eigenvalue weighted by Crippen LogP contribution is -2.64. The molecule has 15 heavy (non-hydrogen) atoms. The van der Waals surface area contributed by atoms with Gasteiger partial charge in [-0.3, -0.25) is 0 Å². The van der Waals surface area contributed by atoms with Crippen molar-refractivity contribution in [3.05, 3.63) is 34.4 Å². The lowest BCUT2D eigenvalue weighted by atomic mass is 10.0. The van der Waals surface area contributed by atoms with Crippen LogP contribution in [-0.4, -0.2) is 12.2 Å². The number of nitrogens with one attached hydrogen (secondary N) is 1. The van der Waals surface area contributed by atoms with Gasteiger partial charge in [0.25, 0.3) is 5.96 Å². The summed E-state index contributed by atoms with van der Waals surface area (Å²) in [6.07, 6.45) is 1.80. The molecule has 1 aromatic carbocycles. The Morgan fingerprint density at radius 1 is 1.20 bits per heavy atom. The molecule has 0 saturated carbocycles. The minimum Gasteiger partial charge on any atom is -0.365 e. The van der Waals surface area contributed by atoms with E-state index in [1.54, 1.807) is 6.21 Å². The first-order valence-electron chi connectivity index (χ1n) is 4.76. The summed E-state index contributed by atoms with van der Waals surface area (Å²) in [5.41, 5.74) is 15.2. The van der Waals surface area contributed by atoms with Crippen LogP contribution in [0.4, 0.5) is 0 Å². The van der Waals surface area contributed by atoms with Crippen molar-refractivity contribution in [3.8, 4) is 0 Å². The van der Waals surface area contributed by atoms with E-state index in [2.05, 4.69) is 43.1 Å². The van der Waals surface area contributed by atoms with Crippen LogP contribution in [0.2, 0.25) is 0 Å². The van der Waals surface area contributed by atoms with Crippen LogP contribution in [-0.2, 0) is 0 Å². The molecule has 0 amide bonds. The number of nitrogens with two attached hydrogens (primary N) is 2. The van der Waals surface area contributed by atoms with Gasteiger partial charge in [-0.1, -0.05) is 17.7 Å². The molecule has 0 radical (unpaired) electrons. The first-order valence-corrected chi connectivity index (χ1v) is 4.76. The average Bonchev–Trinajstić information content (AvgIpc) is 2.08. The summed E-state index contributed by atoms with van der Waals surface area (Å²) in [5, 5.41) is 6.41. The maximum atomic E-state index is 5.20. The standard InChI is InChI=1S/C11H16N4/c1-7-4-8(2)10(9(3)5-7)6-14-15-11(12)13/h4-6H,1-3H3,(H4,12,13,15)/p+1/b14-6+. The summed E-state index contributed by atoms with van der Waals surface area (Å²) in [4.78, 5) is 0. The highest BCUT2D eigenvalue weighted by atomic mass is 15.3. The number of aryl methyl sites for hydroxylation is 3. The van der Waals surface area contributed by atoms with Crippen LogP contribution in [0, 0.1) is 20.8 Å². The van der Waals surface area contributed by atoms with Crippen LogP contribution < -0.4 is 16.6 Å². The van der Waals surface area contributed by atoms with Crippen LogP contribution in [0.15, 0.2) is 17.2 Å². The third kappa shape index (κ3) is 3.09. The van der Waals surface area contributed by atoms with E-state index < -0.39 is 0 Å². The number of benzene rings is 1. The molecule has 0 spiro atoms. The van der Waals surface area contributed by atoms with Gasteiger partial charge in [-0.15, -0.1) is 5.10 Å². The molecule has 5 N–H and O–H groups in total. The Morgan fingerprint density at radius 2 is 1.73 bits per heavy atom. The Balaban J connectivity index is 3.05. The van der Waals surface area contributed by atoms with Gasteiger partial charge < -0.3 is 11.5 Å². The maximum Gasteiger partial charge on any atom is 0.256 e. The van der Waals surface area contributed by atoms with Gasteiger partial charge in [0.05, 0.1) is 0 Å². The predicted molar refractivity (Wildman–Crippen MR) is 62.6 cm³/mol. The Labute approximate surface area is 89.7 Å². The molecule has 0 heterocycles. The first kappa shape index (κ1) is 11.2. The summed E-state index contributed by atoms with van der Waals surface area (Å²) in [5.74, 6) is 0.0219. The van der Waals surface area contributed by atoms with Gasteiger partial charge >= 0.3 is 0 Å². The minimum atomic E-state index is 0.0219. The third-order valence-corrected chi connectivity index (χ3v) is 2.14. The lowest BCUT2D eigenvalue weighted by Gasteiger charge is -2.03. The zero-order chi connectivity index (χ0) is 11.4. The van der Waals surface area contributed by atoms with E-state index in [4.69, 9.17) is 11.5 Å². The molecule has 0 fully saturated rings. The average molecular weight is 205 g/mol. The van der Waals surface area contributed by atoms with Crippen LogP contribution in [0.25, 0.3) is 0 Å². The van der Waals surface area contributed by atoms with Crippen molar-refractivity contribution < 1.29 is 5.10 Å². The minimum absolute atomic E-state index is 0.0219. The summed E-state index contributed by atoms with van der Waals surface area (Å²) in [6, 6.07) is 4.24. The molecule has 4 heteroatoms. The second kappa shape index (κ2) is 4.59. The lowest BCUT2D eigenvalue weighted by molar-refractivity contribution is -0.456. The Kier molecular flexibility index (Phi) is 3.44. The van der Waals surface area contributed by atoms with Gasteiger partial charge in [-0.2, -0.15) is 0 Å². The zero-order valence-electron chi connectivity index (χ0n) is 9.33. The van der Waals surface area contributed by atoms with E-state index in [9.17, 15) is 0 Å². The van der Waals surface area contributed by atoms with E-state index in [-0.39, 0.29) is 5.96 Å². The fourth-order valence-corrected chi connectivity index (χ4v) is 1.59. The normalized spacial score (nSPS) is 10.6. The van der Waals surface area contributed by atoms with Gasteiger partial charge in [0.15, 0.2) is 0 Å². The van der Waals surface area contributed by atoms with Crippen molar-refractivity contribution in [2.24, 2.45) is 16.6 Å². The van der Waals surface area contributed by atoms with Crippen molar-refractivity contribution in [2.45, 2.75) is 20.8 Å². The SMILES string of the molecule is Cc1cc(C)c(/C=[NH+]/N=C(N)N)c(C)c1. The molecule has 1 rings (SSSR count). The molecule has 80 valence electrons. The number of nitrogens with zero attached hydrogens (tertiary/aromatic N) is 1. The molecule has 0 atom stereocenters. The second-order valence-corrected chi connectivity index (χ2v) is 3.62. The topological polar surface area (TPSA) is 78.4 Å². The van der Waals surface area contributed by atoms with E-state index >= 15 is 0 Å². The summed E-state index contributed by atoms with van der Waals surface area (Å²) in [7, 11) is 0. The van der Waals surface area contributed by atoms with Crippen molar-refractivity contribution in [1.29, 1.82) is 0 Å². The van der Waals surface area contributed by atoms with Crippen molar-refractivity contribution in [2.75, 3.05) is 0 Å². The molecule has 1 aromatic rings. The number of hydrogen-bond donors (Lipinski definition) is 3. The van der Waals surface area contributed by atoms with Crippen molar-refractivity contribution in [3.63, 3.8) is 0 Å². The summed E-state index contributed by atoms with van der Waals surface area (Å²) >= 11 is 0. The molecular weight excluding hydrogens is 188 g/mol. The Morgan fingerprint density at radius 3 is 2.20 bits per heavy atom. The van der Waals surface area contributed by atoms with Crippen LogP contribution in [0.1, 0.15) is 22.3 Å². The summed E-state index contributed by atoms with van der Waals surface area (Å²) < 4.78 is 0. The zero-order valence-corrected chi connectivity index (χ0v) is 9.33. The molecule has 0 bridgehead atoms. The monoisotopic (exact) mass is 205 g/mol. The number of rotatable bonds is 2. The molecule has 0 unspecified atom stereocenters. The molecule has 0 aliphatic heterocycles. The number of hydrazone groups is 1. The Hall–Kier alpha value is -1.84. The largest absolute Gasteiger partial charge is 0.365 e. The van der Waals surface area contributed by atoms with Crippen molar-refractivity contribution >= 4 is 12.2 Å². The maximum absolute atomic E-state index is 5.20. The third-order valence-electron chi connectivity index (χ3n) is 2.14. The van der Waals surface area contributed by atoms with Crippen molar-refractivity contribution in [1.82, 2.24) is 0 Å². The van der Waals surface area contributed by atoms with E-state index in [0.29, 0.717) is 0 Å². The van der Waals surface area contributed by atoms with E-state index in [0.717, 1.165) is 5.56 Å². The highest BCUT2D eigenvalue weighted by Crippen LogP contribution is 2.13. The van der Waals surface area contributed by atoms with Gasteiger partial charge in [0.2, 0.25) is 6.21 Å². The highest BCUT2D eigenvalue weighted by molar-refractivity contribution is 5.80. The van der Waals surface area contributed by atoms with E-state index in [1.807, 2.05) is 0 Å². The smallest absolute Gasteiger partial charge is 0.256 e. The van der Waals surface area contributed by atoms with Gasteiger partial charge in [0, 0.05) is 10.7 Å². The van der Waals surface area contributed by atoms with E-state index in [1.165, 1.54) is 16.7 Å². The molecule has 0 aliphatic rings. The quantitative estimate of drug-likeness (QED) is 0.339. The van der Waals surface area contributed by atoms with Gasteiger partial charge in [-0.05, 0) is 31.9 Å².